The number of nitrogens with zero attached hydrogens (tertiary/aromatic N) is 3. The molecule has 2 aromatic heterocycles. The van der Waals surface area contributed by atoms with Crippen LogP contribution in [0.1, 0.15) is 36.3 Å². The summed E-state index contributed by atoms with van der Waals surface area (Å²) < 4.78 is 25.9. The summed E-state index contributed by atoms with van der Waals surface area (Å²) >= 11 is 1.69. The van der Waals surface area contributed by atoms with E-state index in [0.717, 1.165) is 41.2 Å². The molecule has 8 heteroatoms. The average molecular weight is 433 g/mol. The highest BCUT2D eigenvalue weighted by Gasteiger charge is 2.28. The van der Waals surface area contributed by atoms with Crippen LogP contribution >= 0.6 is 11.3 Å². The van der Waals surface area contributed by atoms with Crippen molar-refractivity contribution in [3.63, 3.8) is 0 Å². The van der Waals surface area contributed by atoms with Crippen molar-refractivity contribution >= 4 is 32.3 Å². The van der Waals surface area contributed by atoms with Crippen molar-refractivity contribution in [2.45, 2.75) is 32.2 Å². The Bertz CT molecular complexity index is 1090. The van der Waals surface area contributed by atoms with Crippen molar-refractivity contribution in [2.24, 2.45) is 0 Å². The van der Waals surface area contributed by atoms with Gasteiger partial charge in [0.25, 0.3) is 0 Å². The second kappa shape index (κ2) is 8.18. The average Bonchev–Trinajstić information content (AvgIpc) is 3.34. The van der Waals surface area contributed by atoms with E-state index in [4.69, 9.17) is 4.98 Å². The maximum atomic E-state index is 12.1. The van der Waals surface area contributed by atoms with Gasteiger partial charge in [0.15, 0.2) is 0 Å². The number of piperidine rings is 1. The normalized spacial score (nSPS) is 16.8. The van der Waals surface area contributed by atoms with E-state index in [1.54, 1.807) is 22.6 Å². The third-order valence-electron chi connectivity index (χ3n) is 5.66. The SMILES string of the molecule is CCS(=O)(=O)N1CCC(c2c[nH]c3ccc(-c4csc(CN(C)C)n4)cc23)CC1. The number of thiazole rings is 1. The number of rotatable bonds is 6. The number of hydrogen-bond acceptors (Lipinski definition) is 5. The van der Waals surface area contributed by atoms with E-state index >= 15 is 0 Å². The Morgan fingerprint density at radius 3 is 2.72 bits per heavy atom. The first kappa shape index (κ1) is 20.5. The molecule has 1 aliphatic rings. The highest BCUT2D eigenvalue weighted by atomic mass is 32.2. The van der Waals surface area contributed by atoms with E-state index in [1.165, 1.54) is 10.9 Å². The number of nitrogens with one attached hydrogen (secondary N) is 1. The van der Waals surface area contributed by atoms with Gasteiger partial charge in [-0.05, 0) is 57.5 Å². The molecule has 0 atom stereocenters. The van der Waals surface area contributed by atoms with Gasteiger partial charge in [-0.15, -0.1) is 11.3 Å². The fourth-order valence-electron chi connectivity index (χ4n) is 4.05. The summed E-state index contributed by atoms with van der Waals surface area (Å²) in [5.74, 6) is 0.555. The van der Waals surface area contributed by atoms with Gasteiger partial charge in [0, 0.05) is 47.7 Å². The third-order valence-corrected chi connectivity index (χ3v) is 8.38. The highest BCUT2D eigenvalue weighted by molar-refractivity contribution is 7.89. The molecule has 0 bridgehead atoms. The molecule has 6 nitrogen and oxygen atoms in total. The van der Waals surface area contributed by atoms with Crippen molar-refractivity contribution < 1.29 is 8.42 Å². The minimum absolute atomic E-state index is 0.178. The number of H-pyrrole nitrogens is 1. The lowest BCUT2D eigenvalue weighted by molar-refractivity contribution is 0.321. The second-order valence-corrected chi connectivity index (χ2v) is 11.1. The second-order valence-electron chi connectivity index (χ2n) is 7.94. The molecule has 1 aliphatic heterocycles. The van der Waals surface area contributed by atoms with Crippen molar-refractivity contribution in [1.82, 2.24) is 19.2 Å². The van der Waals surface area contributed by atoms with E-state index in [0.29, 0.717) is 19.0 Å². The molecule has 0 spiro atoms. The Labute approximate surface area is 176 Å². The van der Waals surface area contributed by atoms with Crippen molar-refractivity contribution in [2.75, 3.05) is 32.9 Å². The van der Waals surface area contributed by atoms with Crippen LogP contribution in [0.3, 0.4) is 0 Å². The minimum atomic E-state index is -3.09. The van der Waals surface area contributed by atoms with E-state index < -0.39 is 10.0 Å². The van der Waals surface area contributed by atoms with Gasteiger partial charge in [-0.25, -0.2) is 17.7 Å². The number of sulfonamides is 1. The zero-order valence-corrected chi connectivity index (χ0v) is 18.8. The Balaban J connectivity index is 1.57. The Hall–Kier alpha value is -1.74. The van der Waals surface area contributed by atoms with Crippen LogP contribution in [0.15, 0.2) is 29.8 Å². The predicted octanol–water partition coefficient (Wildman–Crippen LogP) is 3.88. The van der Waals surface area contributed by atoms with E-state index in [9.17, 15) is 8.42 Å². The van der Waals surface area contributed by atoms with Crippen LogP contribution in [0, 0.1) is 0 Å². The first-order chi connectivity index (χ1) is 13.9. The molecule has 1 N–H and O–H groups in total. The molecule has 0 saturated carbocycles. The van der Waals surface area contributed by atoms with Crippen LogP contribution in [0.4, 0.5) is 0 Å². The monoisotopic (exact) mass is 432 g/mol. The summed E-state index contributed by atoms with van der Waals surface area (Å²) in [6.45, 7) is 3.77. The summed E-state index contributed by atoms with van der Waals surface area (Å²) in [7, 11) is 1.01. The van der Waals surface area contributed by atoms with Gasteiger partial charge in [0.2, 0.25) is 10.0 Å². The Morgan fingerprint density at radius 2 is 2.03 bits per heavy atom. The van der Waals surface area contributed by atoms with Gasteiger partial charge in [-0.3, -0.25) is 0 Å². The largest absolute Gasteiger partial charge is 0.361 e. The summed E-state index contributed by atoms with van der Waals surface area (Å²) in [4.78, 5) is 10.3. The summed E-state index contributed by atoms with van der Waals surface area (Å²) in [5, 5.41) is 4.46. The van der Waals surface area contributed by atoms with Gasteiger partial charge in [0.1, 0.15) is 5.01 Å². The molecule has 1 fully saturated rings. The molecule has 3 aromatic rings. The van der Waals surface area contributed by atoms with Crippen LogP contribution in [0.25, 0.3) is 22.2 Å². The number of hydrogen-bond donors (Lipinski definition) is 1. The minimum Gasteiger partial charge on any atom is -0.361 e. The highest BCUT2D eigenvalue weighted by Crippen LogP contribution is 2.36. The zero-order chi connectivity index (χ0) is 20.6. The van der Waals surface area contributed by atoms with Gasteiger partial charge in [0.05, 0.1) is 11.4 Å². The molecule has 3 heterocycles. The summed E-state index contributed by atoms with van der Waals surface area (Å²) in [5.41, 5.74) is 4.56. The Kier molecular flexibility index (Phi) is 5.79. The summed E-state index contributed by atoms with van der Waals surface area (Å²) in [6, 6.07) is 6.47. The van der Waals surface area contributed by atoms with E-state index in [-0.39, 0.29) is 5.75 Å². The lowest BCUT2D eigenvalue weighted by atomic mass is 9.89. The maximum Gasteiger partial charge on any atom is 0.213 e. The summed E-state index contributed by atoms with van der Waals surface area (Å²) in [6.07, 6.45) is 3.82. The molecule has 1 saturated heterocycles. The lowest BCUT2D eigenvalue weighted by Crippen LogP contribution is -2.38. The molecule has 0 aliphatic carbocycles. The van der Waals surface area contributed by atoms with Gasteiger partial charge in [-0.2, -0.15) is 0 Å². The fourth-order valence-corrected chi connectivity index (χ4v) is 6.11. The van der Waals surface area contributed by atoms with Gasteiger partial charge < -0.3 is 9.88 Å². The molecule has 0 radical (unpaired) electrons. The fraction of sp³-hybridized carbons (Fsp3) is 0.476. The first-order valence-corrected chi connectivity index (χ1v) is 12.5. The molecule has 0 amide bonds. The zero-order valence-electron chi connectivity index (χ0n) is 17.2. The molecule has 156 valence electrons. The lowest BCUT2D eigenvalue weighted by Gasteiger charge is -2.30. The van der Waals surface area contributed by atoms with Crippen LogP contribution in [-0.2, 0) is 16.6 Å². The molecule has 0 unspecified atom stereocenters. The maximum absolute atomic E-state index is 12.1. The third kappa shape index (κ3) is 4.26. The van der Waals surface area contributed by atoms with Gasteiger partial charge >= 0.3 is 0 Å². The van der Waals surface area contributed by atoms with Crippen LogP contribution < -0.4 is 0 Å². The number of aromatic nitrogens is 2. The first-order valence-electron chi connectivity index (χ1n) is 10.1. The van der Waals surface area contributed by atoms with Crippen molar-refractivity contribution in [1.29, 1.82) is 0 Å². The standard InChI is InChI=1S/C21H28N4O2S2/c1-4-29(26,27)25-9-7-15(8-10-25)18-12-22-19-6-5-16(11-17(18)19)20-14-28-21(23-20)13-24(2)3/h5-6,11-12,14-15,22H,4,7-10,13H2,1-3H3. The molecule has 4 rings (SSSR count). The van der Waals surface area contributed by atoms with Crippen LogP contribution in [0.2, 0.25) is 0 Å². The van der Waals surface area contributed by atoms with Crippen molar-refractivity contribution in [3.8, 4) is 11.3 Å². The molecule has 1 aromatic carbocycles. The van der Waals surface area contributed by atoms with Crippen molar-refractivity contribution in [3.05, 3.63) is 40.3 Å². The predicted molar refractivity (Wildman–Crippen MR) is 120 cm³/mol. The number of aromatic amines is 1. The molecular formula is C21H28N4O2S2. The number of benzene rings is 1. The van der Waals surface area contributed by atoms with Gasteiger partial charge in [-0.1, -0.05) is 6.07 Å². The van der Waals surface area contributed by atoms with Crippen LogP contribution in [0.5, 0.6) is 0 Å². The molecular weight excluding hydrogens is 404 g/mol. The van der Waals surface area contributed by atoms with Crippen LogP contribution in [-0.4, -0.2) is 60.5 Å². The van der Waals surface area contributed by atoms with E-state index in [1.807, 2.05) is 0 Å². The Morgan fingerprint density at radius 1 is 1.28 bits per heavy atom. The molecule has 29 heavy (non-hydrogen) atoms. The number of fused-ring (bicyclic) bond motifs is 1. The topological polar surface area (TPSA) is 69.3 Å². The smallest absolute Gasteiger partial charge is 0.213 e. The quantitative estimate of drug-likeness (QED) is 0.642. The van der Waals surface area contributed by atoms with E-state index in [2.05, 4.69) is 53.8 Å².